The quantitative estimate of drug-likeness (QED) is 0.911. The van der Waals surface area contributed by atoms with Crippen molar-refractivity contribution in [2.75, 3.05) is 20.2 Å². The van der Waals surface area contributed by atoms with Crippen LogP contribution in [-0.4, -0.2) is 43.1 Å². The highest BCUT2D eigenvalue weighted by Crippen LogP contribution is 2.33. The van der Waals surface area contributed by atoms with Gasteiger partial charge in [-0.15, -0.1) is 0 Å². The fourth-order valence-electron chi connectivity index (χ4n) is 4.23. The highest BCUT2D eigenvalue weighted by molar-refractivity contribution is 5.92. The number of carbonyl (C=O) groups excluding carboxylic acids is 1. The van der Waals surface area contributed by atoms with E-state index < -0.39 is 5.82 Å². The Labute approximate surface area is 152 Å². The number of methoxy groups -OCH3 is 1. The summed E-state index contributed by atoms with van der Waals surface area (Å²) in [6, 6.07) is 8.51. The van der Waals surface area contributed by atoms with E-state index in [0.29, 0.717) is 17.7 Å². The molecule has 5 nitrogen and oxygen atoms in total. The number of nitrogens with zero attached hydrogens (tertiary/aromatic N) is 1. The van der Waals surface area contributed by atoms with Crippen molar-refractivity contribution in [3.63, 3.8) is 0 Å². The Morgan fingerprint density at radius 1 is 1.27 bits per heavy atom. The first-order valence-electron chi connectivity index (χ1n) is 9.06. The van der Waals surface area contributed by atoms with Gasteiger partial charge in [0.25, 0.3) is 5.91 Å². The van der Waals surface area contributed by atoms with Gasteiger partial charge in [0.15, 0.2) is 17.3 Å². The molecule has 3 aliphatic heterocycles. The van der Waals surface area contributed by atoms with Gasteiger partial charge in [0, 0.05) is 12.1 Å². The third-order valence-electron chi connectivity index (χ3n) is 5.75. The van der Waals surface area contributed by atoms with E-state index in [0.717, 1.165) is 25.9 Å². The van der Waals surface area contributed by atoms with E-state index in [1.807, 2.05) is 0 Å². The zero-order chi connectivity index (χ0) is 18.3. The Hall–Kier alpha value is -2.34. The van der Waals surface area contributed by atoms with Crippen molar-refractivity contribution in [3.8, 4) is 17.1 Å². The van der Waals surface area contributed by atoms with Crippen molar-refractivity contribution >= 4 is 5.91 Å². The van der Waals surface area contributed by atoms with Crippen molar-refractivity contribution in [3.05, 3.63) is 41.9 Å². The van der Waals surface area contributed by atoms with Crippen molar-refractivity contribution in [1.82, 2.24) is 10.2 Å². The van der Waals surface area contributed by atoms with E-state index >= 15 is 0 Å². The molecule has 0 aliphatic carbocycles. The largest absolute Gasteiger partial charge is 0.494 e. The van der Waals surface area contributed by atoms with Crippen LogP contribution in [0, 0.1) is 11.7 Å². The molecule has 26 heavy (non-hydrogen) atoms. The standard InChI is InChI=1S/C20H23FN2O3/c1-12-19(13-8-10-23(12)11-9-13)22-20(24)17-7-6-15(26-17)14-4-3-5-16(25-2)18(14)21/h3-7,12-13,19H,8-11H2,1-2H3,(H,22,24). The van der Waals surface area contributed by atoms with Crippen LogP contribution in [0.1, 0.15) is 30.3 Å². The number of amides is 1. The summed E-state index contributed by atoms with van der Waals surface area (Å²) >= 11 is 0. The maximum absolute atomic E-state index is 14.4. The summed E-state index contributed by atoms with van der Waals surface area (Å²) in [5.41, 5.74) is 0.277. The van der Waals surface area contributed by atoms with Gasteiger partial charge in [-0.2, -0.15) is 0 Å². The van der Waals surface area contributed by atoms with Crippen molar-refractivity contribution < 1.29 is 18.3 Å². The maximum atomic E-state index is 14.4. The molecule has 3 aliphatic rings. The van der Waals surface area contributed by atoms with Crippen LogP contribution in [0.2, 0.25) is 0 Å². The SMILES string of the molecule is COc1cccc(-c2ccc(C(=O)NC3C4CCN(CC4)C3C)o2)c1F. The third kappa shape index (κ3) is 2.88. The number of benzene rings is 1. The summed E-state index contributed by atoms with van der Waals surface area (Å²) in [4.78, 5) is 15.1. The second kappa shape index (κ2) is 6.76. The molecule has 1 aromatic carbocycles. The van der Waals surface area contributed by atoms with Crippen molar-refractivity contribution in [2.45, 2.75) is 31.8 Å². The molecule has 6 heteroatoms. The smallest absolute Gasteiger partial charge is 0.287 e. The van der Waals surface area contributed by atoms with Gasteiger partial charge in [-0.3, -0.25) is 9.69 Å². The van der Waals surface area contributed by atoms with Gasteiger partial charge in [-0.25, -0.2) is 4.39 Å². The van der Waals surface area contributed by atoms with E-state index in [2.05, 4.69) is 17.1 Å². The minimum atomic E-state index is -0.498. The van der Waals surface area contributed by atoms with Gasteiger partial charge in [0.2, 0.25) is 0 Å². The normalized spacial score (nSPS) is 27.3. The number of fused-ring (bicyclic) bond motifs is 3. The van der Waals surface area contributed by atoms with E-state index in [1.54, 1.807) is 30.3 Å². The average Bonchev–Trinajstić information content (AvgIpc) is 3.15. The van der Waals surface area contributed by atoms with Crippen LogP contribution in [-0.2, 0) is 0 Å². The number of furan rings is 1. The van der Waals surface area contributed by atoms with Crippen LogP contribution in [0.4, 0.5) is 4.39 Å². The first-order valence-corrected chi connectivity index (χ1v) is 9.06. The van der Waals surface area contributed by atoms with Gasteiger partial charge in [0.05, 0.1) is 12.7 Å². The summed E-state index contributed by atoms with van der Waals surface area (Å²) in [5, 5.41) is 3.13. The molecular weight excluding hydrogens is 335 g/mol. The van der Waals surface area contributed by atoms with Gasteiger partial charge < -0.3 is 14.5 Å². The van der Waals surface area contributed by atoms with Crippen LogP contribution in [0.5, 0.6) is 5.75 Å². The topological polar surface area (TPSA) is 54.7 Å². The van der Waals surface area contributed by atoms with Gasteiger partial charge in [-0.1, -0.05) is 6.07 Å². The summed E-state index contributed by atoms with van der Waals surface area (Å²) < 4.78 is 25.1. The third-order valence-corrected chi connectivity index (χ3v) is 5.75. The molecule has 0 saturated carbocycles. The Morgan fingerprint density at radius 2 is 2.04 bits per heavy atom. The summed E-state index contributed by atoms with van der Waals surface area (Å²) in [7, 11) is 1.41. The van der Waals surface area contributed by atoms with E-state index in [-0.39, 0.29) is 29.0 Å². The zero-order valence-electron chi connectivity index (χ0n) is 15.0. The summed E-state index contributed by atoms with van der Waals surface area (Å²) in [6.45, 7) is 4.38. The Kier molecular flexibility index (Phi) is 4.44. The van der Waals surface area contributed by atoms with E-state index in [4.69, 9.17) is 9.15 Å². The van der Waals surface area contributed by atoms with Crippen LogP contribution >= 0.6 is 0 Å². The van der Waals surface area contributed by atoms with Crippen molar-refractivity contribution in [1.29, 1.82) is 0 Å². The monoisotopic (exact) mass is 358 g/mol. The molecule has 0 spiro atoms. The number of hydrogen-bond acceptors (Lipinski definition) is 4. The second-order valence-corrected chi connectivity index (χ2v) is 7.10. The lowest BCUT2D eigenvalue weighted by atomic mass is 9.79. The number of rotatable bonds is 4. The molecule has 2 unspecified atom stereocenters. The van der Waals surface area contributed by atoms with Gasteiger partial charge in [-0.05, 0) is 63.0 Å². The Morgan fingerprint density at radius 3 is 2.73 bits per heavy atom. The average molecular weight is 358 g/mol. The predicted molar refractivity (Wildman–Crippen MR) is 95.7 cm³/mol. The maximum Gasteiger partial charge on any atom is 0.287 e. The Bertz CT molecular complexity index is 809. The molecule has 138 valence electrons. The number of halogens is 1. The lowest BCUT2D eigenvalue weighted by Crippen LogP contribution is -2.62. The van der Waals surface area contributed by atoms with E-state index in [9.17, 15) is 9.18 Å². The predicted octanol–water partition coefficient (Wildman–Crippen LogP) is 3.31. The lowest BCUT2D eigenvalue weighted by molar-refractivity contribution is 0.0211. The highest BCUT2D eigenvalue weighted by atomic mass is 19.1. The Balaban J connectivity index is 1.52. The first kappa shape index (κ1) is 17.1. The molecule has 5 rings (SSSR count). The molecular formula is C20H23FN2O3. The number of piperidine rings is 3. The van der Waals surface area contributed by atoms with Gasteiger partial charge >= 0.3 is 0 Å². The molecule has 0 radical (unpaired) electrons. The number of ether oxygens (including phenoxy) is 1. The second-order valence-electron chi connectivity index (χ2n) is 7.10. The fourth-order valence-corrected chi connectivity index (χ4v) is 4.23. The van der Waals surface area contributed by atoms with Crippen LogP contribution in [0.25, 0.3) is 11.3 Å². The molecule has 1 aromatic heterocycles. The van der Waals surface area contributed by atoms with Crippen molar-refractivity contribution in [2.24, 2.45) is 5.92 Å². The summed E-state index contributed by atoms with van der Waals surface area (Å²) in [5.74, 6) is 0.432. The zero-order valence-corrected chi connectivity index (χ0v) is 15.0. The molecule has 3 saturated heterocycles. The molecule has 4 heterocycles. The number of nitrogens with one attached hydrogen (secondary N) is 1. The fraction of sp³-hybridized carbons (Fsp3) is 0.450. The highest BCUT2D eigenvalue weighted by Gasteiger charge is 2.40. The molecule has 2 bridgehead atoms. The summed E-state index contributed by atoms with van der Waals surface area (Å²) in [6.07, 6.45) is 2.24. The molecule has 2 aromatic rings. The molecule has 2 atom stereocenters. The molecule has 3 fully saturated rings. The molecule has 1 N–H and O–H groups in total. The lowest BCUT2D eigenvalue weighted by Gasteiger charge is -2.49. The van der Waals surface area contributed by atoms with E-state index in [1.165, 1.54) is 7.11 Å². The van der Waals surface area contributed by atoms with Crippen LogP contribution in [0.15, 0.2) is 34.7 Å². The van der Waals surface area contributed by atoms with Crippen LogP contribution in [0.3, 0.4) is 0 Å². The van der Waals surface area contributed by atoms with Crippen LogP contribution < -0.4 is 10.1 Å². The number of hydrogen-bond donors (Lipinski definition) is 1. The minimum absolute atomic E-state index is 0.132. The first-order chi connectivity index (χ1) is 12.6. The number of carbonyl (C=O) groups is 1. The molecule has 1 amide bonds. The van der Waals surface area contributed by atoms with Gasteiger partial charge in [0.1, 0.15) is 5.76 Å². The minimum Gasteiger partial charge on any atom is -0.494 e.